The fourth-order valence-corrected chi connectivity index (χ4v) is 1.91. The Balaban J connectivity index is 2.00. The van der Waals surface area contributed by atoms with E-state index in [-0.39, 0.29) is 11.5 Å². The highest BCUT2D eigenvalue weighted by Crippen LogP contribution is 2.25. The van der Waals surface area contributed by atoms with E-state index in [1.807, 2.05) is 6.07 Å². The molecule has 0 spiro atoms. The molecule has 0 aliphatic heterocycles. The van der Waals surface area contributed by atoms with Crippen molar-refractivity contribution in [2.75, 3.05) is 12.8 Å². The van der Waals surface area contributed by atoms with Crippen molar-refractivity contribution < 1.29 is 4.39 Å². The summed E-state index contributed by atoms with van der Waals surface area (Å²) in [6.45, 7) is 0.807. The maximum atomic E-state index is 13.2. The fraction of sp³-hybridized carbons (Fsp3) is 0.500. The Morgan fingerprint density at radius 3 is 2.73 bits per heavy atom. The molecule has 1 saturated carbocycles. The van der Waals surface area contributed by atoms with Crippen molar-refractivity contribution >= 4 is 5.69 Å². The molecule has 0 unspecified atom stereocenters. The number of hydrogen-bond acceptors (Lipinski definition) is 2. The highest BCUT2D eigenvalue weighted by molar-refractivity contribution is 5.41. The molecular weight excluding hydrogens is 191 g/mol. The van der Waals surface area contributed by atoms with E-state index in [4.69, 9.17) is 5.73 Å². The summed E-state index contributed by atoms with van der Waals surface area (Å²) in [7, 11) is 2.10. The molecule has 1 aromatic rings. The van der Waals surface area contributed by atoms with Crippen LogP contribution in [0.1, 0.15) is 24.8 Å². The van der Waals surface area contributed by atoms with Crippen LogP contribution in [0, 0.1) is 5.82 Å². The smallest absolute Gasteiger partial charge is 0.146 e. The summed E-state index contributed by atoms with van der Waals surface area (Å²) < 4.78 is 13.2. The van der Waals surface area contributed by atoms with E-state index in [1.54, 1.807) is 6.07 Å². The lowest BCUT2D eigenvalue weighted by Crippen LogP contribution is -2.36. The first-order chi connectivity index (χ1) is 7.16. The first kappa shape index (κ1) is 10.4. The van der Waals surface area contributed by atoms with Crippen molar-refractivity contribution in [3.05, 3.63) is 29.6 Å². The molecule has 0 aromatic heterocycles. The molecule has 0 atom stereocenters. The molecule has 0 radical (unpaired) electrons. The number of rotatable bonds is 3. The normalized spacial score (nSPS) is 16.7. The molecule has 15 heavy (non-hydrogen) atoms. The lowest BCUT2D eigenvalue weighted by atomic mass is 9.91. The number of halogens is 1. The van der Waals surface area contributed by atoms with Crippen LogP contribution in [0.15, 0.2) is 18.2 Å². The van der Waals surface area contributed by atoms with Gasteiger partial charge in [-0.1, -0.05) is 12.5 Å². The van der Waals surface area contributed by atoms with Crippen molar-refractivity contribution in [3.8, 4) is 0 Å². The monoisotopic (exact) mass is 208 g/mol. The Hall–Kier alpha value is -1.09. The topological polar surface area (TPSA) is 29.3 Å². The third kappa shape index (κ3) is 2.29. The number of benzene rings is 1. The van der Waals surface area contributed by atoms with Crippen LogP contribution in [0.4, 0.5) is 10.1 Å². The van der Waals surface area contributed by atoms with Gasteiger partial charge < -0.3 is 5.73 Å². The van der Waals surface area contributed by atoms with Gasteiger partial charge in [0, 0.05) is 12.6 Å². The Morgan fingerprint density at radius 1 is 1.47 bits per heavy atom. The van der Waals surface area contributed by atoms with Crippen LogP contribution in [0.2, 0.25) is 0 Å². The molecule has 1 aliphatic carbocycles. The molecule has 1 aromatic carbocycles. The molecule has 1 aliphatic rings. The van der Waals surface area contributed by atoms with Crippen LogP contribution >= 0.6 is 0 Å². The van der Waals surface area contributed by atoms with Gasteiger partial charge in [-0.2, -0.15) is 0 Å². The second-order valence-corrected chi connectivity index (χ2v) is 4.36. The third-order valence-corrected chi connectivity index (χ3v) is 3.19. The van der Waals surface area contributed by atoms with Gasteiger partial charge in [0.25, 0.3) is 0 Å². The summed E-state index contributed by atoms with van der Waals surface area (Å²) in [6.07, 6.45) is 3.87. The zero-order chi connectivity index (χ0) is 10.8. The number of anilines is 1. The Morgan fingerprint density at radius 2 is 2.20 bits per heavy atom. The van der Waals surface area contributed by atoms with Gasteiger partial charge in [0.15, 0.2) is 0 Å². The van der Waals surface area contributed by atoms with Crippen LogP contribution in [0.3, 0.4) is 0 Å². The van der Waals surface area contributed by atoms with Gasteiger partial charge in [-0.15, -0.1) is 0 Å². The molecule has 2 N–H and O–H groups in total. The number of nitrogens with two attached hydrogens (primary N) is 1. The predicted molar refractivity (Wildman–Crippen MR) is 59.9 cm³/mol. The van der Waals surface area contributed by atoms with Crippen molar-refractivity contribution in [2.24, 2.45) is 0 Å². The minimum Gasteiger partial charge on any atom is -0.396 e. The van der Waals surface area contributed by atoms with E-state index in [1.165, 1.54) is 25.3 Å². The van der Waals surface area contributed by atoms with Crippen LogP contribution in [0.25, 0.3) is 0 Å². The lowest BCUT2D eigenvalue weighted by molar-refractivity contribution is 0.152. The molecule has 82 valence electrons. The SMILES string of the molecule is CN(Cc1ccc(N)c(F)c1)C1CCC1. The van der Waals surface area contributed by atoms with E-state index in [0.29, 0.717) is 6.04 Å². The standard InChI is InChI=1S/C12H17FN2/c1-15(10-3-2-4-10)8-9-5-6-12(14)11(13)7-9/h5-7,10H,2-4,8,14H2,1H3. The fourth-order valence-electron chi connectivity index (χ4n) is 1.91. The molecule has 1 fully saturated rings. The Bertz CT molecular complexity index is 347. The summed E-state index contributed by atoms with van der Waals surface area (Å²) in [5.41, 5.74) is 6.65. The minimum absolute atomic E-state index is 0.227. The quantitative estimate of drug-likeness (QED) is 0.773. The molecule has 2 rings (SSSR count). The zero-order valence-electron chi connectivity index (χ0n) is 9.04. The van der Waals surface area contributed by atoms with E-state index in [9.17, 15) is 4.39 Å². The summed E-state index contributed by atoms with van der Waals surface area (Å²) >= 11 is 0. The lowest BCUT2D eigenvalue weighted by Gasteiger charge is -2.34. The summed E-state index contributed by atoms with van der Waals surface area (Å²) in [6, 6.07) is 5.75. The average molecular weight is 208 g/mol. The predicted octanol–water partition coefficient (Wildman–Crippen LogP) is 2.39. The maximum Gasteiger partial charge on any atom is 0.146 e. The Kier molecular flexibility index (Phi) is 2.91. The number of hydrogen-bond donors (Lipinski definition) is 1. The number of nitrogen functional groups attached to an aromatic ring is 1. The van der Waals surface area contributed by atoms with Crippen molar-refractivity contribution in [1.82, 2.24) is 4.90 Å². The van der Waals surface area contributed by atoms with E-state index >= 15 is 0 Å². The van der Waals surface area contributed by atoms with Gasteiger partial charge in [0.05, 0.1) is 5.69 Å². The molecule has 3 heteroatoms. The molecule has 0 heterocycles. The largest absolute Gasteiger partial charge is 0.396 e. The third-order valence-electron chi connectivity index (χ3n) is 3.19. The van der Waals surface area contributed by atoms with Crippen molar-refractivity contribution in [2.45, 2.75) is 31.8 Å². The van der Waals surface area contributed by atoms with E-state index < -0.39 is 0 Å². The summed E-state index contributed by atoms with van der Waals surface area (Å²) in [5, 5.41) is 0. The van der Waals surface area contributed by atoms with Crippen LogP contribution in [-0.2, 0) is 6.54 Å². The highest BCUT2D eigenvalue weighted by atomic mass is 19.1. The molecule has 0 bridgehead atoms. The van der Waals surface area contributed by atoms with Gasteiger partial charge in [-0.05, 0) is 37.6 Å². The van der Waals surface area contributed by atoms with E-state index in [0.717, 1.165) is 12.1 Å². The zero-order valence-corrected chi connectivity index (χ0v) is 9.04. The second-order valence-electron chi connectivity index (χ2n) is 4.36. The van der Waals surface area contributed by atoms with Crippen LogP contribution < -0.4 is 5.73 Å². The maximum absolute atomic E-state index is 13.2. The minimum atomic E-state index is -0.311. The molecule has 0 amide bonds. The second kappa shape index (κ2) is 4.19. The molecule has 0 saturated heterocycles. The Labute approximate surface area is 89.9 Å². The molecule has 2 nitrogen and oxygen atoms in total. The van der Waals surface area contributed by atoms with Crippen molar-refractivity contribution in [3.63, 3.8) is 0 Å². The van der Waals surface area contributed by atoms with Crippen LogP contribution in [-0.4, -0.2) is 18.0 Å². The summed E-state index contributed by atoms with van der Waals surface area (Å²) in [4.78, 5) is 2.29. The van der Waals surface area contributed by atoms with Gasteiger partial charge >= 0.3 is 0 Å². The van der Waals surface area contributed by atoms with Crippen LogP contribution in [0.5, 0.6) is 0 Å². The van der Waals surface area contributed by atoms with Gasteiger partial charge in [-0.3, -0.25) is 4.90 Å². The van der Waals surface area contributed by atoms with Gasteiger partial charge in [0.1, 0.15) is 5.82 Å². The average Bonchev–Trinajstić information content (AvgIpc) is 2.08. The highest BCUT2D eigenvalue weighted by Gasteiger charge is 2.21. The van der Waals surface area contributed by atoms with Crippen molar-refractivity contribution in [1.29, 1.82) is 0 Å². The summed E-state index contributed by atoms with van der Waals surface area (Å²) in [5.74, 6) is -0.311. The van der Waals surface area contributed by atoms with Gasteiger partial charge in [0.2, 0.25) is 0 Å². The first-order valence-electron chi connectivity index (χ1n) is 5.41. The van der Waals surface area contributed by atoms with E-state index in [2.05, 4.69) is 11.9 Å². The molecular formula is C12H17FN2. The number of nitrogens with zero attached hydrogens (tertiary/aromatic N) is 1. The first-order valence-corrected chi connectivity index (χ1v) is 5.41. The van der Waals surface area contributed by atoms with Gasteiger partial charge in [-0.25, -0.2) is 4.39 Å².